The Kier molecular flexibility index (Phi) is 5.14. The predicted molar refractivity (Wildman–Crippen MR) is 104 cm³/mol. The molecule has 0 bridgehead atoms. The molecule has 0 aliphatic carbocycles. The summed E-state index contributed by atoms with van der Waals surface area (Å²) in [5, 5.41) is 19.6. The van der Waals surface area contributed by atoms with Crippen molar-refractivity contribution >= 4 is 17.7 Å². The number of hydrogen-bond acceptors (Lipinski definition) is 5. The van der Waals surface area contributed by atoms with Gasteiger partial charge in [0.25, 0.3) is 0 Å². The summed E-state index contributed by atoms with van der Waals surface area (Å²) in [6, 6.07) is 5.49. The zero-order valence-corrected chi connectivity index (χ0v) is 16.4. The zero-order valence-electron chi connectivity index (χ0n) is 15.7. The molecular formula is C20H20ClFN2O5. The van der Waals surface area contributed by atoms with Gasteiger partial charge in [-0.2, -0.15) is 0 Å². The topological polar surface area (TPSA) is 82.5 Å². The van der Waals surface area contributed by atoms with Gasteiger partial charge in [0.1, 0.15) is 29.7 Å². The Hall–Kier alpha value is -2.71. The van der Waals surface area contributed by atoms with Crippen LogP contribution in [0.25, 0.3) is 11.1 Å². The van der Waals surface area contributed by atoms with Gasteiger partial charge in [-0.05, 0) is 18.2 Å². The summed E-state index contributed by atoms with van der Waals surface area (Å²) in [4.78, 5) is 14.8. The molecule has 1 saturated heterocycles. The molecule has 7 nitrogen and oxygen atoms in total. The fourth-order valence-corrected chi connectivity index (χ4v) is 4.23. The molecule has 0 saturated carbocycles. The first-order valence-corrected chi connectivity index (χ1v) is 9.50. The average Bonchev–Trinajstić information content (AvgIpc) is 2.89. The Morgan fingerprint density at radius 3 is 2.86 bits per heavy atom. The molecule has 1 atom stereocenters. The molecule has 2 aliphatic rings. The zero-order chi connectivity index (χ0) is 20.7. The number of ether oxygens (including phenoxy) is 2. The Bertz CT molecular complexity index is 950. The summed E-state index contributed by atoms with van der Waals surface area (Å²) in [5.74, 6) is -0.0302. The molecule has 154 valence electrons. The van der Waals surface area contributed by atoms with Crippen LogP contribution >= 0.6 is 11.6 Å². The lowest BCUT2D eigenvalue weighted by Gasteiger charge is -2.38. The summed E-state index contributed by atoms with van der Waals surface area (Å²) in [7, 11) is 1.50. The second-order valence-electron chi connectivity index (χ2n) is 7.05. The molecule has 9 heteroatoms. The number of hydrogen-bond donors (Lipinski definition) is 2. The van der Waals surface area contributed by atoms with Crippen molar-refractivity contribution in [2.24, 2.45) is 0 Å². The number of benzene rings is 2. The van der Waals surface area contributed by atoms with Gasteiger partial charge in [0.15, 0.2) is 0 Å². The molecular weight excluding hydrogens is 403 g/mol. The van der Waals surface area contributed by atoms with E-state index >= 15 is 0 Å². The van der Waals surface area contributed by atoms with E-state index in [2.05, 4.69) is 4.90 Å². The number of nitrogens with zero attached hydrogens (tertiary/aromatic N) is 2. The van der Waals surface area contributed by atoms with Gasteiger partial charge in [-0.15, -0.1) is 0 Å². The number of aromatic hydroxyl groups is 1. The Labute approximate surface area is 171 Å². The van der Waals surface area contributed by atoms with Gasteiger partial charge >= 0.3 is 6.09 Å². The molecule has 0 aromatic heterocycles. The van der Waals surface area contributed by atoms with E-state index in [1.54, 1.807) is 6.07 Å². The number of carbonyl (C=O) groups is 1. The third kappa shape index (κ3) is 3.42. The van der Waals surface area contributed by atoms with Gasteiger partial charge in [0, 0.05) is 31.7 Å². The van der Waals surface area contributed by atoms with Gasteiger partial charge in [-0.25, -0.2) is 9.18 Å². The quantitative estimate of drug-likeness (QED) is 0.771. The maximum atomic E-state index is 14.5. The van der Waals surface area contributed by atoms with Crippen molar-refractivity contribution in [2.45, 2.75) is 12.6 Å². The van der Waals surface area contributed by atoms with Gasteiger partial charge in [0.2, 0.25) is 0 Å². The largest absolute Gasteiger partial charge is 0.507 e. The lowest BCUT2D eigenvalue weighted by molar-refractivity contribution is 0.0501. The highest BCUT2D eigenvalue weighted by Crippen LogP contribution is 2.47. The van der Waals surface area contributed by atoms with Crippen molar-refractivity contribution in [1.29, 1.82) is 0 Å². The number of halogens is 2. The van der Waals surface area contributed by atoms with Gasteiger partial charge in [-0.3, -0.25) is 4.90 Å². The molecule has 2 heterocycles. The number of rotatable bonds is 2. The van der Waals surface area contributed by atoms with E-state index in [0.29, 0.717) is 43.2 Å². The van der Waals surface area contributed by atoms with Crippen molar-refractivity contribution in [3.8, 4) is 28.4 Å². The van der Waals surface area contributed by atoms with Crippen LogP contribution < -0.4 is 9.47 Å². The van der Waals surface area contributed by atoms with E-state index in [0.717, 1.165) is 0 Å². The van der Waals surface area contributed by atoms with Crippen molar-refractivity contribution in [3.63, 3.8) is 0 Å². The van der Waals surface area contributed by atoms with Gasteiger partial charge in [-0.1, -0.05) is 17.7 Å². The van der Waals surface area contributed by atoms with Crippen molar-refractivity contribution < 1.29 is 28.9 Å². The third-order valence-electron chi connectivity index (χ3n) is 5.42. The molecule has 0 spiro atoms. The molecule has 29 heavy (non-hydrogen) atoms. The lowest BCUT2D eigenvalue weighted by atomic mass is 10.00. The molecule has 2 aromatic carbocycles. The van der Waals surface area contributed by atoms with Crippen molar-refractivity contribution in [3.05, 3.63) is 40.7 Å². The van der Waals surface area contributed by atoms with E-state index < -0.39 is 11.9 Å². The standard InChI is InChI=1S/C20H20ClFN2O5/c1-28-16-7-12(17-14(22)3-2-4-15(17)25)18(21)19-13(16)9-23-5-6-24(20(26)27)8-11(23)10-29-19/h2-4,7,11,25H,5-6,8-10H2,1H3,(H,26,27)/t11-/m1/s1. The summed E-state index contributed by atoms with van der Waals surface area (Å²) in [6.07, 6.45) is -0.959. The van der Waals surface area contributed by atoms with E-state index in [-0.39, 0.29) is 34.5 Å². The van der Waals surface area contributed by atoms with E-state index in [1.807, 2.05) is 0 Å². The normalized spacial score (nSPS) is 19.0. The highest BCUT2D eigenvalue weighted by molar-refractivity contribution is 6.35. The highest BCUT2D eigenvalue weighted by atomic mass is 35.5. The predicted octanol–water partition coefficient (Wildman–Crippen LogP) is 3.42. The van der Waals surface area contributed by atoms with E-state index in [1.165, 1.54) is 30.2 Å². The van der Waals surface area contributed by atoms with Crippen LogP contribution in [0.4, 0.5) is 9.18 Å². The summed E-state index contributed by atoms with van der Waals surface area (Å²) in [5.41, 5.74) is 0.953. The fourth-order valence-electron chi connectivity index (χ4n) is 3.91. The first kappa shape index (κ1) is 19.6. The molecule has 1 amide bonds. The molecule has 2 aliphatic heterocycles. The Morgan fingerprint density at radius 2 is 2.17 bits per heavy atom. The Balaban J connectivity index is 1.78. The minimum atomic E-state index is -0.959. The lowest BCUT2D eigenvalue weighted by Crippen LogP contribution is -2.55. The first-order valence-electron chi connectivity index (χ1n) is 9.12. The second-order valence-corrected chi connectivity index (χ2v) is 7.42. The van der Waals surface area contributed by atoms with E-state index in [9.17, 15) is 19.4 Å². The molecule has 2 N–H and O–H groups in total. The maximum Gasteiger partial charge on any atom is 0.407 e. The number of piperazine rings is 1. The Morgan fingerprint density at radius 1 is 1.38 bits per heavy atom. The van der Waals surface area contributed by atoms with Crippen LogP contribution in [0.3, 0.4) is 0 Å². The average molecular weight is 423 g/mol. The van der Waals surface area contributed by atoms with Crippen LogP contribution in [0.15, 0.2) is 24.3 Å². The number of methoxy groups -OCH3 is 1. The van der Waals surface area contributed by atoms with E-state index in [4.69, 9.17) is 21.1 Å². The van der Waals surface area contributed by atoms with Crippen LogP contribution in [0.2, 0.25) is 5.02 Å². The van der Waals surface area contributed by atoms with Crippen molar-refractivity contribution in [2.75, 3.05) is 33.4 Å². The first-order chi connectivity index (χ1) is 13.9. The van der Waals surface area contributed by atoms with Crippen LogP contribution in [-0.2, 0) is 6.54 Å². The van der Waals surface area contributed by atoms with Crippen LogP contribution in [-0.4, -0.2) is 65.5 Å². The smallest absolute Gasteiger partial charge is 0.407 e. The number of phenolic OH excluding ortho intramolecular Hbond substituents is 1. The number of fused-ring (bicyclic) bond motifs is 2. The monoisotopic (exact) mass is 422 g/mol. The number of carboxylic acid groups (broad SMARTS) is 1. The number of amides is 1. The molecule has 2 aromatic rings. The fraction of sp³-hybridized carbons (Fsp3) is 0.350. The van der Waals surface area contributed by atoms with Crippen molar-refractivity contribution in [1.82, 2.24) is 9.80 Å². The van der Waals surface area contributed by atoms with Gasteiger partial charge in [0.05, 0.1) is 29.3 Å². The summed E-state index contributed by atoms with van der Waals surface area (Å²) >= 11 is 6.60. The molecule has 0 radical (unpaired) electrons. The summed E-state index contributed by atoms with van der Waals surface area (Å²) < 4.78 is 26.0. The highest BCUT2D eigenvalue weighted by Gasteiger charge is 2.35. The molecule has 4 rings (SSSR count). The SMILES string of the molecule is COc1cc(-c2c(O)cccc2F)c(Cl)c2c1CN1CCN(C(=O)O)C[C@@H]1CO2. The minimum Gasteiger partial charge on any atom is -0.507 e. The maximum absolute atomic E-state index is 14.5. The second kappa shape index (κ2) is 7.61. The van der Waals surface area contributed by atoms with Crippen LogP contribution in [0, 0.1) is 5.82 Å². The van der Waals surface area contributed by atoms with Gasteiger partial charge < -0.3 is 24.6 Å². The molecule has 0 unspecified atom stereocenters. The van der Waals surface area contributed by atoms with Crippen LogP contribution in [0.5, 0.6) is 17.2 Å². The number of phenols is 1. The van der Waals surface area contributed by atoms with Crippen LogP contribution in [0.1, 0.15) is 5.56 Å². The molecule has 1 fully saturated rings. The third-order valence-corrected chi connectivity index (χ3v) is 5.80. The minimum absolute atomic E-state index is 0.0266. The summed E-state index contributed by atoms with van der Waals surface area (Å²) in [6.45, 7) is 1.96.